The van der Waals surface area contributed by atoms with Crippen LogP contribution < -0.4 is 5.32 Å². The van der Waals surface area contributed by atoms with Crippen molar-refractivity contribution >= 4 is 46.0 Å². The summed E-state index contributed by atoms with van der Waals surface area (Å²) in [5.41, 5.74) is 1.44. The number of amides is 1. The van der Waals surface area contributed by atoms with E-state index >= 15 is 0 Å². The van der Waals surface area contributed by atoms with Crippen LogP contribution >= 0.6 is 23.5 Å². The van der Waals surface area contributed by atoms with E-state index in [0.29, 0.717) is 11.4 Å². The van der Waals surface area contributed by atoms with Crippen LogP contribution in [0.2, 0.25) is 0 Å². The standard InChI is InChI=1S/C16H11N3O3S2/c20-16-18-15-14(24-16)13(9-5-1-3-7-11(9)19(21)22)23-12-8-4-2-6-10(12)17-15/h1-8,13-14H,(H,17,18,20). The minimum atomic E-state index is -0.377. The van der Waals surface area contributed by atoms with Crippen LogP contribution in [0.5, 0.6) is 0 Å². The normalized spacial score (nSPS) is 22.0. The van der Waals surface area contributed by atoms with Crippen molar-refractivity contribution in [2.45, 2.75) is 15.4 Å². The number of carbonyl (C=O) groups is 1. The fourth-order valence-electron chi connectivity index (χ4n) is 2.77. The first-order chi connectivity index (χ1) is 11.6. The molecule has 2 aromatic rings. The molecule has 0 saturated carbocycles. The molecule has 6 nitrogen and oxygen atoms in total. The third-order valence-corrected chi connectivity index (χ3v) is 6.43. The molecule has 0 bridgehead atoms. The van der Waals surface area contributed by atoms with Crippen molar-refractivity contribution in [3.8, 4) is 0 Å². The van der Waals surface area contributed by atoms with Crippen molar-refractivity contribution in [3.63, 3.8) is 0 Å². The summed E-state index contributed by atoms with van der Waals surface area (Å²) in [6.45, 7) is 0. The molecule has 0 aromatic heterocycles. The Morgan fingerprint density at radius 2 is 1.79 bits per heavy atom. The van der Waals surface area contributed by atoms with Gasteiger partial charge in [0.05, 0.1) is 21.1 Å². The van der Waals surface area contributed by atoms with Crippen LogP contribution in [-0.4, -0.2) is 21.2 Å². The summed E-state index contributed by atoms with van der Waals surface area (Å²) in [6.07, 6.45) is 0. The minimum absolute atomic E-state index is 0.0636. The van der Waals surface area contributed by atoms with Gasteiger partial charge in [0.25, 0.3) is 10.9 Å². The summed E-state index contributed by atoms with van der Waals surface area (Å²) in [6, 6.07) is 14.3. The molecule has 2 aromatic carbocycles. The molecule has 1 N–H and O–H groups in total. The molecule has 1 fully saturated rings. The number of para-hydroxylation sites is 2. The fourth-order valence-corrected chi connectivity index (χ4v) is 5.24. The number of fused-ring (bicyclic) bond motifs is 2. The Labute approximate surface area is 145 Å². The highest BCUT2D eigenvalue weighted by Gasteiger charge is 2.41. The topological polar surface area (TPSA) is 84.6 Å². The molecular weight excluding hydrogens is 346 g/mol. The average Bonchev–Trinajstić information content (AvgIpc) is 2.86. The Morgan fingerprint density at radius 1 is 1.04 bits per heavy atom. The number of nitrogens with one attached hydrogen (secondary N) is 1. The molecule has 0 radical (unpaired) electrons. The lowest BCUT2D eigenvalue weighted by Crippen LogP contribution is -2.27. The molecule has 120 valence electrons. The van der Waals surface area contributed by atoms with Crippen LogP contribution in [-0.2, 0) is 0 Å². The summed E-state index contributed by atoms with van der Waals surface area (Å²) in [5, 5.41) is 13.5. The molecule has 0 aliphatic carbocycles. The molecule has 2 aliphatic heterocycles. The summed E-state index contributed by atoms with van der Waals surface area (Å²) in [5.74, 6) is 0.561. The smallest absolute Gasteiger partial charge is 0.285 e. The van der Waals surface area contributed by atoms with E-state index in [0.717, 1.165) is 22.3 Å². The molecule has 2 unspecified atom stereocenters. The van der Waals surface area contributed by atoms with Crippen molar-refractivity contribution < 1.29 is 9.72 Å². The van der Waals surface area contributed by atoms with Gasteiger partial charge in [0.2, 0.25) is 0 Å². The Morgan fingerprint density at radius 3 is 2.62 bits per heavy atom. The first kappa shape index (κ1) is 15.2. The van der Waals surface area contributed by atoms with Gasteiger partial charge in [-0.05, 0) is 12.1 Å². The van der Waals surface area contributed by atoms with Crippen LogP contribution in [0, 0.1) is 10.1 Å². The van der Waals surface area contributed by atoms with Gasteiger partial charge in [-0.25, -0.2) is 4.99 Å². The second-order valence-electron chi connectivity index (χ2n) is 5.27. The Balaban J connectivity index is 1.88. The van der Waals surface area contributed by atoms with Crippen LogP contribution in [0.4, 0.5) is 16.2 Å². The SMILES string of the molecule is O=C1NC2=Nc3ccccc3SC(c3ccccc3[N+](=O)[O-])C2S1. The van der Waals surface area contributed by atoms with Crippen molar-refractivity contribution in [1.82, 2.24) is 5.32 Å². The maximum Gasteiger partial charge on any atom is 0.285 e. The second-order valence-corrected chi connectivity index (χ2v) is 7.57. The Bertz CT molecular complexity index is 884. The Kier molecular flexibility index (Phi) is 3.78. The zero-order valence-corrected chi connectivity index (χ0v) is 13.8. The predicted octanol–water partition coefficient (Wildman–Crippen LogP) is 4.30. The van der Waals surface area contributed by atoms with Gasteiger partial charge < -0.3 is 5.32 Å². The van der Waals surface area contributed by atoms with E-state index in [9.17, 15) is 14.9 Å². The van der Waals surface area contributed by atoms with Gasteiger partial charge in [0, 0.05) is 16.5 Å². The summed E-state index contributed by atoms with van der Waals surface area (Å²) >= 11 is 2.64. The van der Waals surface area contributed by atoms with Gasteiger partial charge in [0.15, 0.2) is 0 Å². The lowest BCUT2D eigenvalue weighted by molar-refractivity contribution is -0.385. The highest BCUT2D eigenvalue weighted by molar-refractivity contribution is 8.16. The first-order valence-corrected chi connectivity index (χ1v) is 8.94. The third kappa shape index (κ3) is 2.57. The number of nitrogens with zero attached hydrogens (tertiary/aromatic N) is 2. The maximum atomic E-state index is 11.9. The van der Waals surface area contributed by atoms with Crippen molar-refractivity contribution in [3.05, 3.63) is 64.2 Å². The van der Waals surface area contributed by atoms with Crippen LogP contribution in [0.3, 0.4) is 0 Å². The quantitative estimate of drug-likeness (QED) is 0.640. The molecule has 2 heterocycles. The van der Waals surface area contributed by atoms with Crippen LogP contribution in [0.25, 0.3) is 0 Å². The van der Waals surface area contributed by atoms with Crippen molar-refractivity contribution in [1.29, 1.82) is 0 Å². The number of rotatable bonds is 2. The average molecular weight is 357 g/mol. The fraction of sp³-hybridized carbons (Fsp3) is 0.125. The van der Waals surface area contributed by atoms with Crippen molar-refractivity contribution in [2.24, 2.45) is 4.99 Å². The maximum absolute atomic E-state index is 11.9. The van der Waals surface area contributed by atoms with E-state index in [-0.39, 0.29) is 26.3 Å². The first-order valence-electron chi connectivity index (χ1n) is 7.19. The van der Waals surface area contributed by atoms with E-state index in [1.165, 1.54) is 17.8 Å². The Hall–Kier alpha value is -2.32. The number of hydrogen-bond acceptors (Lipinski definition) is 6. The summed E-state index contributed by atoms with van der Waals surface area (Å²) in [7, 11) is 0. The van der Waals surface area contributed by atoms with E-state index < -0.39 is 0 Å². The second kappa shape index (κ2) is 5.95. The van der Waals surface area contributed by atoms with Crippen LogP contribution in [0.1, 0.15) is 10.8 Å². The highest BCUT2D eigenvalue weighted by Crippen LogP contribution is 2.51. The number of carbonyl (C=O) groups excluding carboxylic acids is 1. The largest absolute Gasteiger partial charge is 0.304 e. The molecular formula is C16H11N3O3S2. The molecule has 1 amide bonds. The third-order valence-electron chi connectivity index (χ3n) is 3.81. The summed E-state index contributed by atoms with van der Waals surface area (Å²) < 4.78 is 0. The van der Waals surface area contributed by atoms with E-state index in [1.807, 2.05) is 24.3 Å². The zero-order chi connectivity index (χ0) is 16.7. The highest BCUT2D eigenvalue weighted by atomic mass is 32.2. The van der Waals surface area contributed by atoms with Gasteiger partial charge in [-0.1, -0.05) is 42.1 Å². The van der Waals surface area contributed by atoms with Gasteiger partial charge in [-0.2, -0.15) is 0 Å². The number of nitro groups is 1. The molecule has 2 aliphatic rings. The van der Waals surface area contributed by atoms with Crippen molar-refractivity contribution in [2.75, 3.05) is 0 Å². The van der Waals surface area contributed by atoms with E-state index in [2.05, 4.69) is 10.3 Å². The number of aliphatic imine (C=N–C) groups is 1. The lowest BCUT2D eigenvalue weighted by atomic mass is 10.1. The van der Waals surface area contributed by atoms with Crippen LogP contribution in [0.15, 0.2) is 58.4 Å². The minimum Gasteiger partial charge on any atom is -0.304 e. The van der Waals surface area contributed by atoms with Gasteiger partial charge >= 0.3 is 0 Å². The molecule has 24 heavy (non-hydrogen) atoms. The van der Waals surface area contributed by atoms with Gasteiger partial charge in [-0.3, -0.25) is 14.9 Å². The monoisotopic (exact) mass is 357 g/mol. The zero-order valence-electron chi connectivity index (χ0n) is 12.2. The molecule has 8 heteroatoms. The molecule has 2 atom stereocenters. The molecule has 4 rings (SSSR count). The summed E-state index contributed by atoms with van der Waals surface area (Å²) in [4.78, 5) is 28.4. The van der Waals surface area contributed by atoms with E-state index in [1.54, 1.807) is 18.2 Å². The number of hydrogen-bond donors (Lipinski definition) is 1. The number of nitro benzene ring substituents is 1. The number of benzene rings is 2. The number of amidine groups is 1. The molecule has 0 spiro atoms. The van der Waals surface area contributed by atoms with Gasteiger partial charge in [-0.15, -0.1) is 11.8 Å². The lowest BCUT2D eigenvalue weighted by Gasteiger charge is -2.20. The number of thioether (sulfide) groups is 2. The molecule has 1 saturated heterocycles. The predicted molar refractivity (Wildman–Crippen MR) is 95.1 cm³/mol. The van der Waals surface area contributed by atoms with Gasteiger partial charge in [0.1, 0.15) is 5.84 Å². The van der Waals surface area contributed by atoms with E-state index in [4.69, 9.17) is 0 Å².